The standard InChI is InChI=1S/C52H64F2N10O8/c1-51(28-33(53)26-34(54)29-51)27-32-7-8-39-38(25-32)46(61(3)60-39)59-47(67)36-11-14-52(2,30-41(36)57-35-12-21-71-22-13-35)63-19-17-62(18-20-63)31-44(66)56-16-24-72-23-15-55-40-6-4-5-37-45(40)50(70)64(49(37)69)42-9-10-43(65)58-48(42)68/h4-8,11,25-26,28,30,35,42,46,55,57,60H,9-10,12-24,27,29,31H2,1-3H3,(H,56,66)(H,59,67)(H,58,65,68). The number of hydrazine groups is 1. The fraction of sp³-hybridized carbons (Fsp3) is 0.500. The molecule has 3 saturated heterocycles. The number of allylic oxidation sites excluding steroid dienone is 4. The van der Waals surface area contributed by atoms with Crippen LogP contribution < -0.4 is 32.0 Å². The van der Waals surface area contributed by atoms with Crippen LogP contribution in [0.25, 0.3) is 0 Å². The number of carbonyl (C=O) groups is 6. The molecule has 4 atom stereocenters. The van der Waals surface area contributed by atoms with Crippen molar-refractivity contribution in [3.05, 3.63) is 106 Å². The number of piperazine rings is 1. The molecular formula is C52H64F2N10O8. The van der Waals surface area contributed by atoms with Crippen molar-refractivity contribution in [1.29, 1.82) is 0 Å². The summed E-state index contributed by atoms with van der Waals surface area (Å²) in [5.41, 5.74) is 7.00. The number of hydrogen-bond donors (Lipinski definition) is 6. The highest BCUT2D eigenvalue weighted by Gasteiger charge is 2.46. The molecule has 2 aromatic carbocycles. The van der Waals surface area contributed by atoms with Crippen LogP contribution in [0.3, 0.4) is 0 Å². The van der Waals surface area contributed by atoms with Crippen LogP contribution in [0.4, 0.5) is 20.2 Å². The highest BCUT2D eigenvalue weighted by atomic mass is 19.1. The van der Waals surface area contributed by atoms with Crippen LogP contribution in [-0.4, -0.2) is 152 Å². The van der Waals surface area contributed by atoms with E-state index in [1.807, 2.05) is 43.3 Å². The van der Waals surface area contributed by atoms with Gasteiger partial charge in [-0.3, -0.25) is 48.8 Å². The second kappa shape index (κ2) is 21.4. The predicted octanol–water partition coefficient (Wildman–Crippen LogP) is 3.74. The Bertz CT molecular complexity index is 2630. The summed E-state index contributed by atoms with van der Waals surface area (Å²) in [7, 11) is 1.87. The first-order valence-corrected chi connectivity index (χ1v) is 24.9. The van der Waals surface area contributed by atoms with E-state index < -0.39 is 58.4 Å². The number of nitrogens with zero attached hydrogens (tertiary/aromatic N) is 4. The first-order chi connectivity index (χ1) is 34.6. The van der Waals surface area contributed by atoms with Crippen molar-refractivity contribution in [2.45, 2.75) is 82.6 Å². The summed E-state index contributed by atoms with van der Waals surface area (Å²) >= 11 is 0. The Morgan fingerprint density at radius 3 is 2.49 bits per heavy atom. The van der Waals surface area contributed by atoms with Crippen molar-refractivity contribution < 1.29 is 47.0 Å². The molecule has 18 nitrogen and oxygen atoms in total. The molecule has 6 amide bonds. The SMILES string of the molecule is CN1Nc2ccc(CC3(C)C=C(F)C=C(F)C3)cc2C1NC(=O)C1=CCC(C)(N2CCN(CC(=O)NCCOCCNc3cccc4c3C(=O)N(C3CCC(=O)NC3=O)C4=O)CC2)C=C1NC1CCOCC1. The molecule has 72 heavy (non-hydrogen) atoms. The summed E-state index contributed by atoms with van der Waals surface area (Å²) < 4.78 is 40.0. The van der Waals surface area contributed by atoms with Crippen LogP contribution in [0, 0.1) is 5.41 Å². The molecule has 384 valence electrons. The fourth-order valence-electron chi connectivity index (χ4n) is 10.9. The average molecular weight is 995 g/mol. The molecule has 7 aliphatic rings. The average Bonchev–Trinajstić information content (AvgIpc) is 3.78. The lowest BCUT2D eigenvalue weighted by atomic mass is 9.77. The minimum Gasteiger partial charge on any atom is -0.382 e. The number of imide groups is 2. The number of halogens is 2. The van der Waals surface area contributed by atoms with E-state index in [0.717, 1.165) is 59.4 Å². The number of piperidine rings is 1. The zero-order valence-corrected chi connectivity index (χ0v) is 41.0. The normalized spacial score (nSPS) is 26.2. The van der Waals surface area contributed by atoms with Gasteiger partial charge in [-0.25, -0.2) is 8.78 Å². The van der Waals surface area contributed by atoms with E-state index in [4.69, 9.17) is 9.47 Å². The maximum Gasteiger partial charge on any atom is 0.264 e. The Morgan fingerprint density at radius 2 is 1.72 bits per heavy atom. The quantitative estimate of drug-likeness (QED) is 0.0988. The highest BCUT2D eigenvalue weighted by molar-refractivity contribution is 6.25. The lowest BCUT2D eigenvalue weighted by Crippen LogP contribution is -2.57. The summed E-state index contributed by atoms with van der Waals surface area (Å²) in [5, 5.41) is 17.1. The zero-order chi connectivity index (χ0) is 50.7. The molecule has 0 spiro atoms. The van der Waals surface area contributed by atoms with Crippen molar-refractivity contribution in [2.75, 3.05) is 90.0 Å². The van der Waals surface area contributed by atoms with Gasteiger partial charge in [0.15, 0.2) is 0 Å². The topological polar surface area (TPSA) is 206 Å². The summed E-state index contributed by atoms with van der Waals surface area (Å²) in [6, 6.07) is 9.86. The highest BCUT2D eigenvalue weighted by Crippen LogP contribution is 2.41. The van der Waals surface area contributed by atoms with Gasteiger partial charge in [-0.05, 0) is 80.4 Å². The van der Waals surface area contributed by atoms with Crippen molar-refractivity contribution >= 4 is 46.8 Å². The summed E-state index contributed by atoms with van der Waals surface area (Å²) in [5.74, 6) is -3.65. The molecular weight excluding hydrogens is 931 g/mol. The van der Waals surface area contributed by atoms with Gasteiger partial charge in [0.1, 0.15) is 23.9 Å². The molecule has 5 heterocycles. The minimum atomic E-state index is -1.05. The fourth-order valence-corrected chi connectivity index (χ4v) is 10.9. The molecule has 5 aliphatic heterocycles. The molecule has 2 aliphatic carbocycles. The van der Waals surface area contributed by atoms with E-state index >= 15 is 0 Å². The Hall–Kier alpha value is -6.32. The number of benzene rings is 2. The van der Waals surface area contributed by atoms with Gasteiger partial charge in [-0.2, -0.15) is 5.01 Å². The smallest absolute Gasteiger partial charge is 0.264 e. The third-order valence-electron chi connectivity index (χ3n) is 14.7. The van der Waals surface area contributed by atoms with E-state index in [0.29, 0.717) is 63.5 Å². The van der Waals surface area contributed by atoms with E-state index in [-0.39, 0.29) is 68.0 Å². The lowest BCUT2D eigenvalue weighted by molar-refractivity contribution is -0.136. The molecule has 0 bridgehead atoms. The van der Waals surface area contributed by atoms with Crippen molar-refractivity contribution in [3.8, 4) is 0 Å². The third kappa shape index (κ3) is 11.2. The Balaban J connectivity index is 0.736. The zero-order valence-electron chi connectivity index (χ0n) is 41.0. The molecule has 3 fully saturated rings. The van der Waals surface area contributed by atoms with Crippen molar-refractivity contribution in [1.82, 2.24) is 41.0 Å². The van der Waals surface area contributed by atoms with Crippen LogP contribution in [0.1, 0.15) is 90.4 Å². The van der Waals surface area contributed by atoms with Crippen molar-refractivity contribution in [2.24, 2.45) is 5.41 Å². The first-order valence-electron chi connectivity index (χ1n) is 24.9. The molecule has 0 radical (unpaired) electrons. The first kappa shape index (κ1) is 50.6. The Morgan fingerprint density at radius 1 is 0.944 bits per heavy atom. The van der Waals surface area contributed by atoms with Gasteiger partial charge in [-0.15, -0.1) is 0 Å². The van der Waals surface area contributed by atoms with Gasteiger partial charge in [0, 0.05) is 107 Å². The predicted molar refractivity (Wildman–Crippen MR) is 263 cm³/mol. The van der Waals surface area contributed by atoms with Crippen LogP contribution in [0.15, 0.2) is 83.6 Å². The van der Waals surface area contributed by atoms with Gasteiger partial charge in [0.25, 0.3) is 17.7 Å². The number of rotatable bonds is 17. The second-order valence-electron chi connectivity index (χ2n) is 20.2. The number of anilines is 2. The number of fused-ring (bicyclic) bond motifs is 2. The molecule has 0 aromatic heterocycles. The summed E-state index contributed by atoms with van der Waals surface area (Å²) in [6.45, 7) is 9.51. The number of hydrogen-bond acceptors (Lipinski definition) is 14. The largest absolute Gasteiger partial charge is 0.382 e. The number of nitrogens with one attached hydrogen (secondary N) is 6. The van der Waals surface area contributed by atoms with E-state index in [1.54, 1.807) is 12.1 Å². The van der Waals surface area contributed by atoms with Crippen LogP contribution in [0.5, 0.6) is 0 Å². The van der Waals surface area contributed by atoms with E-state index in [1.165, 1.54) is 12.1 Å². The molecule has 4 unspecified atom stereocenters. The molecule has 0 saturated carbocycles. The van der Waals surface area contributed by atoms with Crippen LogP contribution >= 0.6 is 0 Å². The lowest BCUT2D eigenvalue weighted by Gasteiger charge is -2.46. The molecule has 20 heteroatoms. The van der Waals surface area contributed by atoms with Gasteiger partial charge >= 0.3 is 0 Å². The maximum absolute atomic E-state index is 14.4. The summed E-state index contributed by atoms with van der Waals surface area (Å²) in [4.78, 5) is 83.5. The second-order valence-corrected chi connectivity index (χ2v) is 20.2. The molecule has 9 rings (SSSR count). The van der Waals surface area contributed by atoms with E-state index in [2.05, 4.69) is 54.8 Å². The van der Waals surface area contributed by atoms with E-state index in [9.17, 15) is 37.5 Å². The van der Waals surface area contributed by atoms with Crippen LogP contribution in [0.2, 0.25) is 0 Å². The molecule has 6 N–H and O–H groups in total. The molecule has 2 aromatic rings. The van der Waals surface area contributed by atoms with Gasteiger partial charge in [-0.1, -0.05) is 31.2 Å². The number of amides is 6. The third-order valence-corrected chi connectivity index (χ3v) is 14.7. The monoisotopic (exact) mass is 994 g/mol. The van der Waals surface area contributed by atoms with Gasteiger partial charge < -0.3 is 36.2 Å². The Labute approximate surface area is 417 Å². The van der Waals surface area contributed by atoms with Crippen molar-refractivity contribution in [3.63, 3.8) is 0 Å². The Kier molecular flexibility index (Phi) is 15.1. The summed E-state index contributed by atoms with van der Waals surface area (Å²) in [6.07, 6.45) is 9.03. The number of carbonyl (C=O) groups excluding carboxylic acids is 6. The minimum absolute atomic E-state index is 0.0397. The maximum atomic E-state index is 14.4. The van der Waals surface area contributed by atoms with Gasteiger partial charge in [0.05, 0.1) is 42.1 Å². The van der Waals surface area contributed by atoms with Gasteiger partial charge in [0.2, 0.25) is 17.7 Å². The number of ether oxygens (including phenoxy) is 2. The van der Waals surface area contributed by atoms with Crippen LogP contribution in [-0.2, 0) is 35.1 Å².